The third kappa shape index (κ3) is 57.1. The van der Waals surface area contributed by atoms with Gasteiger partial charge in [-0.15, -0.1) is 0 Å². The predicted molar refractivity (Wildman–Crippen MR) is 307 cm³/mol. The molecule has 1 unspecified atom stereocenters. The van der Waals surface area contributed by atoms with Crippen molar-refractivity contribution in [1.29, 1.82) is 0 Å². The number of rotatable bonds is 53. The third-order valence-electron chi connectivity index (χ3n) is 12.6. The first-order valence-corrected chi connectivity index (χ1v) is 29.7. The Morgan fingerprint density at radius 2 is 0.549 bits per heavy atom. The van der Waals surface area contributed by atoms with E-state index in [9.17, 15) is 14.4 Å². The van der Waals surface area contributed by atoms with Crippen molar-refractivity contribution >= 4 is 17.9 Å². The molecule has 71 heavy (non-hydrogen) atoms. The molecule has 0 fully saturated rings. The van der Waals surface area contributed by atoms with Crippen molar-refractivity contribution in [2.24, 2.45) is 0 Å². The number of hydrogen-bond acceptors (Lipinski definition) is 6. The summed E-state index contributed by atoms with van der Waals surface area (Å²) in [7, 11) is 0. The summed E-state index contributed by atoms with van der Waals surface area (Å²) in [5.41, 5.74) is 0. The molecule has 0 aliphatic carbocycles. The SMILES string of the molecule is CC/C=C\C/C=C\C/C=C\C/C=C\C/C=C\C/C=C\C/C=C\C/C=C\CCCCC(=O)OCC(COC(=O)CCCCCCCCCCCCCCC)OC(=O)CCCCCCCCCCCCCCC. The number of esters is 3. The summed E-state index contributed by atoms with van der Waals surface area (Å²) in [6.45, 7) is 6.50. The van der Waals surface area contributed by atoms with Gasteiger partial charge in [-0.3, -0.25) is 14.4 Å². The van der Waals surface area contributed by atoms with E-state index in [1.54, 1.807) is 0 Å². The van der Waals surface area contributed by atoms with Crippen molar-refractivity contribution in [2.45, 2.75) is 284 Å². The number of unbranched alkanes of at least 4 members (excludes halogenated alkanes) is 26. The highest BCUT2D eigenvalue weighted by molar-refractivity contribution is 5.71. The van der Waals surface area contributed by atoms with Crippen LogP contribution >= 0.6 is 0 Å². The minimum absolute atomic E-state index is 0.0878. The van der Waals surface area contributed by atoms with Gasteiger partial charge in [-0.05, 0) is 83.5 Å². The molecule has 0 bridgehead atoms. The maximum atomic E-state index is 12.8. The van der Waals surface area contributed by atoms with E-state index in [0.717, 1.165) is 109 Å². The van der Waals surface area contributed by atoms with Crippen molar-refractivity contribution in [2.75, 3.05) is 13.2 Å². The van der Waals surface area contributed by atoms with Crippen molar-refractivity contribution in [3.8, 4) is 0 Å². The first kappa shape index (κ1) is 67.3. The second-order valence-corrected chi connectivity index (χ2v) is 19.5. The summed E-state index contributed by atoms with van der Waals surface area (Å²) in [5, 5.41) is 0. The van der Waals surface area contributed by atoms with Crippen molar-refractivity contribution < 1.29 is 28.6 Å². The van der Waals surface area contributed by atoms with Crippen LogP contribution in [0.25, 0.3) is 0 Å². The van der Waals surface area contributed by atoms with Gasteiger partial charge in [0.1, 0.15) is 13.2 Å². The molecule has 0 radical (unpaired) electrons. The van der Waals surface area contributed by atoms with E-state index in [-0.39, 0.29) is 31.1 Å². The van der Waals surface area contributed by atoms with Gasteiger partial charge >= 0.3 is 17.9 Å². The zero-order valence-corrected chi connectivity index (χ0v) is 46.5. The molecule has 0 heterocycles. The molecule has 0 aromatic rings. The van der Waals surface area contributed by atoms with E-state index in [4.69, 9.17) is 14.2 Å². The van der Waals surface area contributed by atoms with E-state index in [1.807, 2.05) is 0 Å². The molecule has 0 aromatic carbocycles. The molecule has 0 saturated heterocycles. The maximum absolute atomic E-state index is 12.8. The molecular weight excluding hydrogens is 877 g/mol. The molecule has 6 nitrogen and oxygen atoms in total. The quantitative estimate of drug-likeness (QED) is 0.0261. The molecule has 0 aliphatic rings. The second kappa shape index (κ2) is 58.9. The highest BCUT2D eigenvalue weighted by Gasteiger charge is 2.19. The monoisotopic (exact) mass is 987 g/mol. The van der Waals surface area contributed by atoms with Gasteiger partial charge in [0.2, 0.25) is 0 Å². The Labute approximate surface area is 438 Å². The number of ether oxygens (including phenoxy) is 3. The zero-order valence-electron chi connectivity index (χ0n) is 46.5. The smallest absolute Gasteiger partial charge is 0.306 e. The standard InChI is InChI=1S/C65H110O6/c1-4-7-10-13-16-19-22-25-26-27-28-29-30-31-32-33-34-35-36-37-38-41-43-46-49-52-55-58-64(67)70-61-62(71-65(68)59-56-53-50-47-44-40-24-21-18-15-12-9-6-3)60-69-63(66)57-54-51-48-45-42-39-23-20-17-14-11-8-5-2/h7,10,16,19,25-26,28-29,31-32,34-35,37-38,43,46,62H,4-6,8-9,11-15,17-18,20-24,27,30,33,36,39-42,44-45,47-61H2,1-3H3/b10-7-,19-16-,26-25-,29-28-,32-31-,35-34-,38-37-,46-43-. The maximum Gasteiger partial charge on any atom is 0.306 e. The topological polar surface area (TPSA) is 78.9 Å². The molecule has 6 heteroatoms. The Balaban J connectivity index is 4.38. The molecule has 0 amide bonds. The third-order valence-corrected chi connectivity index (χ3v) is 12.6. The van der Waals surface area contributed by atoms with E-state index < -0.39 is 6.10 Å². The van der Waals surface area contributed by atoms with E-state index in [1.165, 1.54) is 128 Å². The van der Waals surface area contributed by atoms with Crippen LogP contribution in [0, 0.1) is 0 Å². The van der Waals surface area contributed by atoms with Gasteiger partial charge in [-0.2, -0.15) is 0 Å². The second-order valence-electron chi connectivity index (χ2n) is 19.5. The Kier molecular flexibility index (Phi) is 55.9. The van der Waals surface area contributed by atoms with Crippen LogP contribution in [0.15, 0.2) is 97.2 Å². The lowest BCUT2D eigenvalue weighted by Crippen LogP contribution is -2.30. The van der Waals surface area contributed by atoms with E-state index >= 15 is 0 Å². The molecule has 0 aromatic heterocycles. The van der Waals surface area contributed by atoms with Gasteiger partial charge in [-0.1, -0.05) is 272 Å². The van der Waals surface area contributed by atoms with Crippen LogP contribution in [0.5, 0.6) is 0 Å². The summed E-state index contributed by atoms with van der Waals surface area (Å²) in [6, 6.07) is 0. The van der Waals surface area contributed by atoms with Crippen LogP contribution in [0.1, 0.15) is 278 Å². The number of carbonyl (C=O) groups is 3. The minimum Gasteiger partial charge on any atom is -0.462 e. The molecule has 0 rings (SSSR count). The Morgan fingerprint density at radius 3 is 0.859 bits per heavy atom. The fourth-order valence-electron chi connectivity index (χ4n) is 8.16. The number of carbonyl (C=O) groups excluding carboxylic acids is 3. The molecular formula is C65H110O6. The molecule has 406 valence electrons. The predicted octanol–water partition coefficient (Wildman–Crippen LogP) is 20.1. The van der Waals surface area contributed by atoms with Gasteiger partial charge in [-0.25, -0.2) is 0 Å². The van der Waals surface area contributed by atoms with E-state index in [2.05, 4.69) is 118 Å². The van der Waals surface area contributed by atoms with E-state index in [0.29, 0.717) is 19.3 Å². The fraction of sp³-hybridized carbons (Fsp3) is 0.708. The minimum atomic E-state index is -0.792. The molecule has 0 N–H and O–H groups in total. The van der Waals surface area contributed by atoms with Crippen LogP contribution in [0.3, 0.4) is 0 Å². The van der Waals surface area contributed by atoms with Crippen LogP contribution in [-0.4, -0.2) is 37.2 Å². The van der Waals surface area contributed by atoms with Gasteiger partial charge < -0.3 is 14.2 Å². The first-order valence-electron chi connectivity index (χ1n) is 29.7. The highest BCUT2D eigenvalue weighted by atomic mass is 16.6. The Bertz CT molecular complexity index is 1410. The van der Waals surface area contributed by atoms with Crippen LogP contribution in [0.4, 0.5) is 0 Å². The fourth-order valence-corrected chi connectivity index (χ4v) is 8.16. The number of allylic oxidation sites excluding steroid dienone is 16. The van der Waals surface area contributed by atoms with Gasteiger partial charge in [0, 0.05) is 19.3 Å². The van der Waals surface area contributed by atoms with Crippen molar-refractivity contribution in [1.82, 2.24) is 0 Å². The van der Waals surface area contributed by atoms with Crippen molar-refractivity contribution in [3.05, 3.63) is 97.2 Å². The van der Waals surface area contributed by atoms with Crippen molar-refractivity contribution in [3.63, 3.8) is 0 Å². The summed E-state index contributed by atoms with van der Waals surface area (Å²) in [5.74, 6) is -0.926. The lowest BCUT2D eigenvalue weighted by Gasteiger charge is -2.18. The van der Waals surface area contributed by atoms with Gasteiger partial charge in [0.05, 0.1) is 0 Å². The van der Waals surface area contributed by atoms with Gasteiger partial charge in [0.15, 0.2) is 6.10 Å². The summed E-state index contributed by atoms with van der Waals surface area (Å²) < 4.78 is 16.8. The number of hydrogen-bond donors (Lipinski definition) is 0. The Hall–Kier alpha value is -3.67. The van der Waals surface area contributed by atoms with Crippen LogP contribution < -0.4 is 0 Å². The summed E-state index contributed by atoms with van der Waals surface area (Å²) in [4.78, 5) is 38.1. The molecule has 0 spiro atoms. The summed E-state index contributed by atoms with van der Waals surface area (Å²) in [6.07, 6.45) is 78.3. The normalized spacial score (nSPS) is 12.8. The zero-order chi connectivity index (χ0) is 51.4. The average molecular weight is 988 g/mol. The molecule has 1 atom stereocenters. The molecule has 0 aliphatic heterocycles. The molecule has 0 saturated carbocycles. The average Bonchev–Trinajstić information content (AvgIpc) is 3.37. The van der Waals surface area contributed by atoms with Crippen LogP contribution in [-0.2, 0) is 28.6 Å². The lowest BCUT2D eigenvalue weighted by molar-refractivity contribution is -0.167. The lowest BCUT2D eigenvalue weighted by atomic mass is 10.0. The van der Waals surface area contributed by atoms with Gasteiger partial charge in [0.25, 0.3) is 0 Å². The first-order chi connectivity index (χ1) is 35.0. The highest BCUT2D eigenvalue weighted by Crippen LogP contribution is 2.16. The Morgan fingerprint density at radius 1 is 0.296 bits per heavy atom. The summed E-state index contributed by atoms with van der Waals surface area (Å²) >= 11 is 0. The van der Waals surface area contributed by atoms with Crippen LogP contribution in [0.2, 0.25) is 0 Å². The largest absolute Gasteiger partial charge is 0.462 e.